The fourth-order valence-electron chi connectivity index (χ4n) is 4.50. The molecule has 3 nitrogen and oxygen atoms in total. The van der Waals surface area contributed by atoms with Crippen molar-refractivity contribution in [3.8, 4) is 0 Å². The maximum Gasteiger partial charge on any atom is 0.193 e. The van der Waals surface area contributed by atoms with E-state index in [-0.39, 0.29) is 11.8 Å². The number of ether oxygens (including phenoxy) is 2. The van der Waals surface area contributed by atoms with E-state index in [1.165, 1.54) is 22.3 Å². The average molecular weight is 426 g/mol. The van der Waals surface area contributed by atoms with Crippen LogP contribution >= 0.6 is 22.9 Å². The van der Waals surface area contributed by atoms with E-state index in [0.29, 0.717) is 13.2 Å². The Kier molecular flexibility index (Phi) is 5.23. The fraction of sp³-hybridized carbons (Fsp3) is 0.333. The molecule has 0 aliphatic carbocycles. The van der Waals surface area contributed by atoms with E-state index in [1.54, 1.807) is 11.3 Å². The van der Waals surface area contributed by atoms with E-state index >= 15 is 0 Å². The third-order valence-corrected chi connectivity index (χ3v) is 7.32. The van der Waals surface area contributed by atoms with Gasteiger partial charge in [-0.2, -0.15) is 0 Å². The number of hydrogen-bond donors (Lipinski definition) is 0. The van der Waals surface area contributed by atoms with Crippen molar-refractivity contribution in [1.82, 2.24) is 4.90 Å². The molecule has 5 rings (SSSR count). The summed E-state index contributed by atoms with van der Waals surface area (Å²) in [6.45, 7) is 5.54. The monoisotopic (exact) mass is 425 g/mol. The van der Waals surface area contributed by atoms with Gasteiger partial charge in [-0.1, -0.05) is 48.0 Å². The predicted octanol–water partition coefficient (Wildman–Crippen LogP) is 5.77. The third-order valence-electron chi connectivity index (χ3n) is 6.13. The second-order valence-electron chi connectivity index (χ2n) is 7.84. The number of nitrogens with zero attached hydrogens (tertiary/aromatic N) is 1. The van der Waals surface area contributed by atoms with Crippen molar-refractivity contribution in [2.45, 2.75) is 31.7 Å². The molecule has 150 valence electrons. The smallest absolute Gasteiger partial charge is 0.193 e. The van der Waals surface area contributed by atoms with E-state index in [9.17, 15) is 0 Å². The Hall–Kier alpha value is -1.69. The van der Waals surface area contributed by atoms with E-state index in [4.69, 9.17) is 21.1 Å². The van der Waals surface area contributed by atoms with Gasteiger partial charge in [0.25, 0.3) is 0 Å². The largest absolute Gasteiger partial charge is 0.345 e. The maximum absolute atomic E-state index is 6.45. The molecule has 5 heteroatoms. The topological polar surface area (TPSA) is 21.7 Å². The van der Waals surface area contributed by atoms with Gasteiger partial charge in [0.2, 0.25) is 0 Å². The molecule has 0 radical (unpaired) electrons. The number of benzene rings is 2. The summed E-state index contributed by atoms with van der Waals surface area (Å²) in [7, 11) is 0. The lowest BCUT2D eigenvalue weighted by atomic mass is 9.77. The number of thiophene rings is 1. The van der Waals surface area contributed by atoms with Crippen LogP contribution in [-0.2, 0) is 28.0 Å². The lowest BCUT2D eigenvalue weighted by Gasteiger charge is -2.46. The SMILES string of the molecule is CC1(c2csc(C3OCCO3)c2)c2cc(Cl)ccc2CCN1Cc1ccccc1. The second-order valence-corrected chi connectivity index (χ2v) is 9.22. The van der Waals surface area contributed by atoms with Crippen molar-refractivity contribution < 1.29 is 9.47 Å². The van der Waals surface area contributed by atoms with Gasteiger partial charge in [-0.15, -0.1) is 11.3 Å². The molecular weight excluding hydrogens is 402 g/mol. The van der Waals surface area contributed by atoms with Crippen molar-refractivity contribution in [1.29, 1.82) is 0 Å². The minimum absolute atomic E-state index is 0.234. The molecule has 0 spiro atoms. The van der Waals surface area contributed by atoms with Crippen molar-refractivity contribution in [2.24, 2.45) is 0 Å². The van der Waals surface area contributed by atoms with Crippen molar-refractivity contribution in [3.63, 3.8) is 0 Å². The Morgan fingerprint density at radius 3 is 2.69 bits per heavy atom. The molecular formula is C24H24ClNO2S. The zero-order valence-electron chi connectivity index (χ0n) is 16.4. The van der Waals surface area contributed by atoms with Gasteiger partial charge in [-0.05, 0) is 59.2 Å². The van der Waals surface area contributed by atoms with Crippen LogP contribution in [-0.4, -0.2) is 24.7 Å². The molecule has 2 aliphatic heterocycles. The van der Waals surface area contributed by atoms with Crippen LogP contribution < -0.4 is 0 Å². The highest BCUT2D eigenvalue weighted by Gasteiger charge is 2.41. The molecule has 1 aromatic heterocycles. The normalized spacial score (nSPS) is 22.7. The molecule has 0 saturated carbocycles. The van der Waals surface area contributed by atoms with Crippen LogP contribution in [0.1, 0.15) is 40.3 Å². The second kappa shape index (κ2) is 7.86. The molecule has 2 aromatic carbocycles. The Balaban J connectivity index is 1.58. The summed E-state index contributed by atoms with van der Waals surface area (Å²) < 4.78 is 11.5. The van der Waals surface area contributed by atoms with Crippen LogP contribution in [0, 0.1) is 0 Å². The summed E-state index contributed by atoms with van der Waals surface area (Å²) in [5.41, 5.74) is 5.01. The molecule has 1 atom stereocenters. The zero-order chi connectivity index (χ0) is 19.8. The van der Waals surface area contributed by atoms with Gasteiger partial charge in [0.1, 0.15) is 0 Å². The van der Waals surface area contributed by atoms with E-state index in [2.05, 4.69) is 65.7 Å². The molecule has 2 aliphatic rings. The third kappa shape index (κ3) is 3.54. The van der Waals surface area contributed by atoms with Crippen LogP contribution in [0.2, 0.25) is 5.02 Å². The number of fused-ring (bicyclic) bond motifs is 1. The van der Waals surface area contributed by atoms with Crippen molar-refractivity contribution >= 4 is 22.9 Å². The molecule has 1 unspecified atom stereocenters. The van der Waals surface area contributed by atoms with Crippen LogP contribution in [0.4, 0.5) is 0 Å². The first-order valence-electron chi connectivity index (χ1n) is 10.0. The molecule has 0 bridgehead atoms. The number of hydrogen-bond acceptors (Lipinski definition) is 4. The van der Waals surface area contributed by atoms with Crippen LogP contribution in [0.25, 0.3) is 0 Å². The minimum atomic E-state index is -0.262. The quantitative estimate of drug-likeness (QED) is 0.529. The summed E-state index contributed by atoms with van der Waals surface area (Å²) in [5.74, 6) is 0. The first-order chi connectivity index (χ1) is 14.1. The first-order valence-corrected chi connectivity index (χ1v) is 11.3. The molecule has 29 heavy (non-hydrogen) atoms. The van der Waals surface area contributed by atoms with Gasteiger partial charge in [0, 0.05) is 18.1 Å². The molecule has 3 aromatic rings. The molecule has 0 N–H and O–H groups in total. The highest BCUT2D eigenvalue weighted by molar-refractivity contribution is 7.10. The van der Waals surface area contributed by atoms with Crippen molar-refractivity contribution in [3.05, 3.63) is 92.1 Å². The molecule has 0 amide bonds. The van der Waals surface area contributed by atoms with Gasteiger partial charge in [-0.3, -0.25) is 4.90 Å². The van der Waals surface area contributed by atoms with Gasteiger partial charge in [0.05, 0.1) is 23.6 Å². The zero-order valence-corrected chi connectivity index (χ0v) is 18.0. The standard InChI is InChI=1S/C24H24ClNO2S/c1-24(19-13-22(29-16-19)23-27-11-12-28-23)21-14-20(25)8-7-18(21)9-10-26(24)15-17-5-3-2-4-6-17/h2-8,13-14,16,23H,9-12,15H2,1H3. The van der Waals surface area contributed by atoms with E-state index in [0.717, 1.165) is 29.4 Å². The minimum Gasteiger partial charge on any atom is -0.345 e. The maximum atomic E-state index is 6.45. The number of halogens is 1. The lowest BCUT2D eigenvalue weighted by Crippen LogP contribution is -2.48. The molecule has 1 fully saturated rings. The first kappa shape index (κ1) is 19.3. The fourth-order valence-corrected chi connectivity index (χ4v) is 5.68. The Morgan fingerprint density at radius 1 is 1.10 bits per heavy atom. The van der Waals surface area contributed by atoms with Gasteiger partial charge in [-0.25, -0.2) is 0 Å². The summed E-state index contributed by atoms with van der Waals surface area (Å²) in [6, 6.07) is 19.3. The highest BCUT2D eigenvalue weighted by Crippen LogP contribution is 2.45. The highest BCUT2D eigenvalue weighted by atomic mass is 35.5. The van der Waals surface area contributed by atoms with Gasteiger partial charge >= 0.3 is 0 Å². The summed E-state index contributed by atoms with van der Waals surface area (Å²) in [5, 5.41) is 3.04. The van der Waals surface area contributed by atoms with Crippen molar-refractivity contribution in [2.75, 3.05) is 19.8 Å². The molecule has 1 saturated heterocycles. The molecule has 3 heterocycles. The Labute approximate surface area is 180 Å². The van der Waals surface area contributed by atoms with Crippen LogP contribution in [0.3, 0.4) is 0 Å². The summed E-state index contributed by atoms with van der Waals surface area (Å²) >= 11 is 8.17. The lowest BCUT2D eigenvalue weighted by molar-refractivity contribution is -0.0414. The van der Waals surface area contributed by atoms with Gasteiger partial charge < -0.3 is 9.47 Å². The Morgan fingerprint density at radius 2 is 1.90 bits per heavy atom. The van der Waals surface area contributed by atoms with Crippen LogP contribution in [0.5, 0.6) is 0 Å². The Bertz CT molecular complexity index is 999. The summed E-state index contributed by atoms with van der Waals surface area (Å²) in [6.07, 6.45) is 0.795. The van der Waals surface area contributed by atoms with E-state index < -0.39 is 0 Å². The van der Waals surface area contributed by atoms with Gasteiger partial charge in [0.15, 0.2) is 6.29 Å². The van der Waals surface area contributed by atoms with Crippen LogP contribution in [0.15, 0.2) is 60.0 Å². The number of rotatable bonds is 4. The van der Waals surface area contributed by atoms with E-state index in [1.807, 2.05) is 6.07 Å². The summed E-state index contributed by atoms with van der Waals surface area (Å²) in [4.78, 5) is 3.70. The average Bonchev–Trinajstić information content (AvgIpc) is 3.43. The predicted molar refractivity (Wildman–Crippen MR) is 117 cm³/mol.